The third kappa shape index (κ3) is 1.42. The van der Waals surface area contributed by atoms with Crippen LogP contribution in [-0.2, 0) is 0 Å². The Hall–Kier alpha value is -0.790. The minimum absolute atomic E-state index is 0.590. The second-order valence-corrected chi connectivity index (χ2v) is 5.38. The molecule has 0 bridgehead atoms. The number of hydrogen-bond donors (Lipinski definition) is 0. The van der Waals surface area contributed by atoms with Crippen molar-refractivity contribution in [3.63, 3.8) is 0 Å². The first-order chi connectivity index (χ1) is 7.66. The molecule has 0 radical (unpaired) electrons. The molecule has 0 saturated carbocycles. The molecular formula is C14H16ClN. The van der Waals surface area contributed by atoms with Gasteiger partial charge in [0.1, 0.15) is 0 Å². The minimum Gasteiger partial charge on any atom is -0.305 e. The Morgan fingerprint density at radius 3 is 3.00 bits per heavy atom. The standard InChI is InChI=1S/C14H16ClN/c1-9-11-4-3-10(15)7-13(11)14-8-16(2)6-5-12(9)14/h3-4,7,14H,5-6,8H2,1-2H3/t14-/m1/s1. The van der Waals surface area contributed by atoms with Crippen LogP contribution in [-0.4, -0.2) is 25.0 Å². The van der Waals surface area contributed by atoms with E-state index in [4.69, 9.17) is 11.6 Å². The molecule has 1 aromatic rings. The number of rotatable bonds is 0. The number of nitrogens with zero attached hydrogens (tertiary/aromatic N) is 1. The number of piperidine rings is 1. The first kappa shape index (κ1) is 10.4. The van der Waals surface area contributed by atoms with E-state index in [1.165, 1.54) is 29.7 Å². The summed E-state index contributed by atoms with van der Waals surface area (Å²) < 4.78 is 0. The third-order valence-electron chi connectivity index (χ3n) is 3.95. The molecule has 16 heavy (non-hydrogen) atoms. The van der Waals surface area contributed by atoms with Gasteiger partial charge in [-0.1, -0.05) is 23.2 Å². The summed E-state index contributed by atoms with van der Waals surface area (Å²) in [7, 11) is 2.20. The molecule has 1 atom stereocenters. The highest BCUT2D eigenvalue weighted by Crippen LogP contribution is 2.46. The van der Waals surface area contributed by atoms with Crippen molar-refractivity contribution in [3.05, 3.63) is 39.9 Å². The monoisotopic (exact) mass is 233 g/mol. The van der Waals surface area contributed by atoms with Crippen LogP contribution in [0.5, 0.6) is 0 Å². The molecule has 0 aromatic heterocycles. The Bertz CT molecular complexity index is 476. The summed E-state index contributed by atoms with van der Waals surface area (Å²) in [5.41, 5.74) is 5.98. The van der Waals surface area contributed by atoms with Crippen LogP contribution in [0.3, 0.4) is 0 Å². The van der Waals surface area contributed by atoms with Crippen LogP contribution in [0.25, 0.3) is 5.57 Å². The van der Waals surface area contributed by atoms with Crippen molar-refractivity contribution >= 4 is 17.2 Å². The van der Waals surface area contributed by atoms with Gasteiger partial charge in [-0.05, 0) is 49.2 Å². The Labute approximate surface area is 102 Å². The fourth-order valence-corrected chi connectivity index (χ4v) is 3.25. The van der Waals surface area contributed by atoms with Crippen molar-refractivity contribution in [2.45, 2.75) is 19.3 Å². The van der Waals surface area contributed by atoms with Gasteiger partial charge >= 0.3 is 0 Å². The van der Waals surface area contributed by atoms with Crippen LogP contribution in [0.4, 0.5) is 0 Å². The quantitative estimate of drug-likeness (QED) is 0.663. The minimum atomic E-state index is 0.590. The van der Waals surface area contributed by atoms with E-state index in [1.54, 1.807) is 5.57 Å². The molecular weight excluding hydrogens is 218 g/mol. The third-order valence-corrected chi connectivity index (χ3v) is 4.19. The van der Waals surface area contributed by atoms with Gasteiger partial charge in [0.05, 0.1) is 0 Å². The van der Waals surface area contributed by atoms with Crippen LogP contribution in [0.2, 0.25) is 5.02 Å². The number of likely N-dealkylation sites (tertiary alicyclic amines) is 1. The molecule has 1 nitrogen and oxygen atoms in total. The van der Waals surface area contributed by atoms with Crippen molar-refractivity contribution < 1.29 is 0 Å². The van der Waals surface area contributed by atoms with Crippen molar-refractivity contribution in [3.8, 4) is 0 Å². The van der Waals surface area contributed by atoms with Gasteiger partial charge in [-0.3, -0.25) is 0 Å². The van der Waals surface area contributed by atoms with Gasteiger partial charge in [-0.15, -0.1) is 0 Å². The molecule has 84 valence electrons. The van der Waals surface area contributed by atoms with E-state index in [0.717, 1.165) is 11.6 Å². The number of likely N-dealkylation sites (N-methyl/N-ethyl adjacent to an activating group) is 1. The zero-order chi connectivity index (χ0) is 11.3. The van der Waals surface area contributed by atoms with Crippen molar-refractivity contribution in [1.82, 2.24) is 4.90 Å². The van der Waals surface area contributed by atoms with Crippen LogP contribution in [0, 0.1) is 0 Å². The highest BCUT2D eigenvalue weighted by atomic mass is 35.5. The van der Waals surface area contributed by atoms with Gasteiger partial charge < -0.3 is 4.90 Å². The van der Waals surface area contributed by atoms with Gasteiger partial charge in [0.2, 0.25) is 0 Å². The average molecular weight is 234 g/mol. The Morgan fingerprint density at radius 1 is 1.38 bits per heavy atom. The molecule has 2 aliphatic rings. The van der Waals surface area contributed by atoms with E-state index >= 15 is 0 Å². The summed E-state index contributed by atoms with van der Waals surface area (Å²) in [6.07, 6.45) is 1.21. The van der Waals surface area contributed by atoms with E-state index < -0.39 is 0 Å². The van der Waals surface area contributed by atoms with Crippen LogP contribution >= 0.6 is 11.6 Å². The van der Waals surface area contributed by atoms with Crippen LogP contribution in [0.15, 0.2) is 23.8 Å². The molecule has 1 heterocycles. The van der Waals surface area contributed by atoms with E-state index in [0.29, 0.717) is 5.92 Å². The van der Waals surface area contributed by atoms with E-state index in [-0.39, 0.29) is 0 Å². The van der Waals surface area contributed by atoms with E-state index in [9.17, 15) is 0 Å². The van der Waals surface area contributed by atoms with Crippen molar-refractivity contribution in [1.29, 1.82) is 0 Å². The summed E-state index contributed by atoms with van der Waals surface area (Å²) in [5, 5.41) is 0.862. The average Bonchev–Trinajstić information content (AvgIpc) is 2.52. The maximum atomic E-state index is 6.11. The SMILES string of the molecule is CC1=C2CCN(C)C[C@H]2c2cc(Cl)ccc21. The number of halogens is 1. The molecule has 0 amide bonds. The molecule has 1 aromatic carbocycles. The highest BCUT2D eigenvalue weighted by Gasteiger charge is 2.32. The number of allylic oxidation sites excluding steroid dienone is 1. The van der Waals surface area contributed by atoms with Gasteiger partial charge in [-0.2, -0.15) is 0 Å². The summed E-state index contributed by atoms with van der Waals surface area (Å²) in [6.45, 7) is 4.58. The van der Waals surface area contributed by atoms with E-state index in [2.05, 4.69) is 31.0 Å². The smallest absolute Gasteiger partial charge is 0.0409 e. The molecule has 1 saturated heterocycles. The Kier molecular flexibility index (Phi) is 2.34. The highest BCUT2D eigenvalue weighted by molar-refractivity contribution is 6.30. The lowest BCUT2D eigenvalue weighted by molar-refractivity contribution is 0.294. The molecule has 1 fully saturated rings. The summed E-state index contributed by atoms with van der Waals surface area (Å²) in [6, 6.07) is 6.33. The Balaban J connectivity index is 2.12. The zero-order valence-corrected chi connectivity index (χ0v) is 10.5. The van der Waals surface area contributed by atoms with Gasteiger partial charge in [0.15, 0.2) is 0 Å². The number of fused-ring (bicyclic) bond motifs is 3. The first-order valence-electron chi connectivity index (χ1n) is 5.85. The van der Waals surface area contributed by atoms with Crippen molar-refractivity contribution in [2.24, 2.45) is 0 Å². The van der Waals surface area contributed by atoms with Gasteiger partial charge in [0.25, 0.3) is 0 Å². The summed E-state index contributed by atoms with van der Waals surface area (Å²) >= 11 is 6.11. The van der Waals surface area contributed by atoms with Crippen LogP contribution < -0.4 is 0 Å². The van der Waals surface area contributed by atoms with Gasteiger partial charge in [-0.25, -0.2) is 0 Å². The molecule has 2 heteroatoms. The molecule has 0 N–H and O–H groups in total. The fourth-order valence-electron chi connectivity index (χ4n) is 3.07. The topological polar surface area (TPSA) is 3.24 Å². The lowest BCUT2D eigenvalue weighted by Crippen LogP contribution is -2.31. The molecule has 3 rings (SSSR count). The molecule has 0 spiro atoms. The molecule has 0 unspecified atom stereocenters. The largest absolute Gasteiger partial charge is 0.305 e. The molecule has 1 aliphatic heterocycles. The predicted octanol–water partition coefficient (Wildman–Crippen LogP) is 3.55. The maximum absolute atomic E-state index is 6.11. The normalized spacial score (nSPS) is 24.6. The van der Waals surface area contributed by atoms with Gasteiger partial charge in [0, 0.05) is 24.0 Å². The van der Waals surface area contributed by atoms with Crippen molar-refractivity contribution in [2.75, 3.05) is 20.1 Å². The first-order valence-corrected chi connectivity index (χ1v) is 6.22. The second-order valence-electron chi connectivity index (χ2n) is 4.95. The fraction of sp³-hybridized carbons (Fsp3) is 0.429. The molecule has 1 aliphatic carbocycles. The summed E-state index contributed by atoms with van der Waals surface area (Å²) in [4.78, 5) is 2.41. The van der Waals surface area contributed by atoms with Crippen LogP contribution in [0.1, 0.15) is 30.4 Å². The van der Waals surface area contributed by atoms with E-state index in [1.807, 2.05) is 6.07 Å². The predicted molar refractivity (Wildman–Crippen MR) is 68.9 cm³/mol. The zero-order valence-electron chi connectivity index (χ0n) is 9.76. The summed E-state index contributed by atoms with van der Waals surface area (Å²) in [5.74, 6) is 0.590. The number of hydrogen-bond acceptors (Lipinski definition) is 1. The lowest BCUT2D eigenvalue weighted by atomic mass is 9.90. The maximum Gasteiger partial charge on any atom is 0.0409 e. The number of benzene rings is 1. The Morgan fingerprint density at radius 2 is 2.19 bits per heavy atom. The lowest BCUT2D eigenvalue weighted by Gasteiger charge is -2.30. The second kappa shape index (κ2) is 3.61.